The number of aromatic hydroxyl groups is 1. The Bertz CT molecular complexity index is 760. The van der Waals surface area contributed by atoms with Crippen LogP contribution in [0.25, 0.3) is 0 Å². The van der Waals surface area contributed by atoms with Crippen LogP contribution in [0.5, 0.6) is 5.75 Å². The molecule has 0 aromatic heterocycles. The van der Waals surface area contributed by atoms with Crippen molar-refractivity contribution < 1.29 is 13.5 Å². The Labute approximate surface area is 134 Å². The SMILES string of the molecule is Cc1cc(NS(=O)(=O)c2ccc(Br)cc2Br)ccc1O. The van der Waals surface area contributed by atoms with E-state index in [9.17, 15) is 13.5 Å². The minimum atomic E-state index is -3.69. The summed E-state index contributed by atoms with van der Waals surface area (Å²) in [6.45, 7) is 1.70. The highest BCUT2D eigenvalue weighted by Crippen LogP contribution is 2.28. The van der Waals surface area contributed by atoms with E-state index in [1.807, 2.05) is 0 Å². The molecule has 0 aliphatic heterocycles. The molecule has 0 saturated heterocycles. The topological polar surface area (TPSA) is 66.4 Å². The van der Waals surface area contributed by atoms with Gasteiger partial charge in [0.1, 0.15) is 10.6 Å². The number of rotatable bonds is 3. The molecule has 0 fully saturated rings. The summed E-state index contributed by atoms with van der Waals surface area (Å²) in [6, 6.07) is 9.35. The minimum absolute atomic E-state index is 0.123. The minimum Gasteiger partial charge on any atom is -0.508 e. The van der Waals surface area contributed by atoms with Gasteiger partial charge in [0.05, 0.1) is 0 Å². The number of halogens is 2. The van der Waals surface area contributed by atoms with Crippen molar-refractivity contribution in [3.63, 3.8) is 0 Å². The van der Waals surface area contributed by atoms with Gasteiger partial charge in [0.25, 0.3) is 10.0 Å². The summed E-state index contributed by atoms with van der Waals surface area (Å²) >= 11 is 6.51. The van der Waals surface area contributed by atoms with E-state index in [-0.39, 0.29) is 10.6 Å². The average molecular weight is 421 g/mol. The molecular weight excluding hydrogens is 410 g/mol. The highest BCUT2D eigenvalue weighted by Gasteiger charge is 2.18. The van der Waals surface area contributed by atoms with Gasteiger partial charge < -0.3 is 5.11 Å². The average Bonchev–Trinajstić information content (AvgIpc) is 2.33. The molecule has 0 aliphatic rings. The highest BCUT2D eigenvalue weighted by molar-refractivity contribution is 9.11. The van der Waals surface area contributed by atoms with Crippen molar-refractivity contribution >= 4 is 47.6 Å². The van der Waals surface area contributed by atoms with Gasteiger partial charge in [-0.15, -0.1) is 0 Å². The number of hydrogen-bond donors (Lipinski definition) is 2. The lowest BCUT2D eigenvalue weighted by atomic mass is 10.2. The van der Waals surface area contributed by atoms with Crippen molar-refractivity contribution in [1.82, 2.24) is 0 Å². The zero-order valence-electron chi connectivity index (χ0n) is 10.4. The number of phenolic OH excluding ortho intramolecular Hbond substituents is 1. The molecule has 0 radical (unpaired) electrons. The van der Waals surface area contributed by atoms with E-state index in [0.29, 0.717) is 15.7 Å². The largest absolute Gasteiger partial charge is 0.508 e. The van der Waals surface area contributed by atoms with Crippen LogP contribution in [0.15, 0.2) is 50.2 Å². The third-order valence-corrected chi connectivity index (χ3v) is 5.48. The standard InChI is InChI=1S/C13H11Br2NO3S/c1-8-6-10(3-4-12(8)17)16-20(18,19)13-5-2-9(14)7-11(13)15/h2-7,16-17H,1H3. The van der Waals surface area contributed by atoms with Gasteiger partial charge in [-0.05, 0) is 64.8 Å². The fraction of sp³-hybridized carbons (Fsp3) is 0.0769. The molecule has 0 unspecified atom stereocenters. The Morgan fingerprint density at radius 3 is 2.40 bits per heavy atom. The second-order valence-electron chi connectivity index (χ2n) is 4.18. The summed E-state index contributed by atoms with van der Waals surface area (Å²) in [5, 5.41) is 9.44. The van der Waals surface area contributed by atoms with E-state index in [4.69, 9.17) is 0 Å². The van der Waals surface area contributed by atoms with Crippen LogP contribution in [-0.2, 0) is 10.0 Å². The van der Waals surface area contributed by atoms with Crippen molar-refractivity contribution in [3.05, 3.63) is 50.9 Å². The maximum absolute atomic E-state index is 12.3. The quantitative estimate of drug-likeness (QED) is 0.736. The molecule has 2 aromatic rings. The van der Waals surface area contributed by atoms with Gasteiger partial charge in [-0.3, -0.25) is 4.72 Å². The monoisotopic (exact) mass is 419 g/mol. The predicted molar refractivity (Wildman–Crippen MR) is 85.5 cm³/mol. The molecule has 20 heavy (non-hydrogen) atoms. The smallest absolute Gasteiger partial charge is 0.263 e. The number of phenols is 1. The van der Waals surface area contributed by atoms with Gasteiger partial charge >= 0.3 is 0 Å². The predicted octanol–water partition coefficient (Wildman–Crippen LogP) is 4.03. The van der Waals surface area contributed by atoms with Gasteiger partial charge in [0, 0.05) is 14.6 Å². The number of nitrogens with one attached hydrogen (secondary N) is 1. The van der Waals surface area contributed by atoms with Gasteiger partial charge in [-0.25, -0.2) is 8.42 Å². The zero-order chi connectivity index (χ0) is 14.9. The van der Waals surface area contributed by atoms with Gasteiger partial charge in [-0.1, -0.05) is 15.9 Å². The van der Waals surface area contributed by atoms with E-state index in [0.717, 1.165) is 4.47 Å². The van der Waals surface area contributed by atoms with Crippen LogP contribution in [0.2, 0.25) is 0 Å². The number of benzene rings is 2. The lowest BCUT2D eigenvalue weighted by Crippen LogP contribution is -2.13. The Hall–Kier alpha value is -1.05. The Morgan fingerprint density at radius 2 is 1.80 bits per heavy atom. The van der Waals surface area contributed by atoms with Crippen LogP contribution >= 0.6 is 31.9 Å². The number of anilines is 1. The molecule has 4 nitrogen and oxygen atoms in total. The van der Waals surface area contributed by atoms with Crippen LogP contribution in [0.1, 0.15) is 5.56 Å². The van der Waals surface area contributed by atoms with Crippen LogP contribution < -0.4 is 4.72 Å². The summed E-state index contributed by atoms with van der Waals surface area (Å²) in [6.07, 6.45) is 0. The van der Waals surface area contributed by atoms with Crippen molar-refractivity contribution in [2.75, 3.05) is 4.72 Å². The first-order valence-corrected chi connectivity index (χ1v) is 8.64. The van der Waals surface area contributed by atoms with E-state index in [1.54, 1.807) is 25.1 Å². The number of sulfonamides is 1. The molecular formula is C13H11Br2NO3S. The molecule has 2 rings (SSSR count). The van der Waals surface area contributed by atoms with Crippen LogP contribution in [0.4, 0.5) is 5.69 Å². The number of aryl methyl sites for hydroxylation is 1. The van der Waals surface area contributed by atoms with Crippen molar-refractivity contribution in [2.24, 2.45) is 0 Å². The third-order valence-electron chi connectivity index (χ3n) is 2.63. The van der Waals surface area contributed by atoms with E-state index < -0.39 is 10.0 Å². The summed E-state index contributed by atoms with van der Waals surface area (Å²) < 4.78 is 28.3. The summed E-state index contributed by atoms with van der Waals surface area (Å²) in [5.41, 5.74) is 0.996. The Morgan fingerprint density at radius 1 is 1.10 bits per heavy atom. The maximum Gasteiger partial charge on any atom is 0.263 e. The lowest BCUT2D eigenvalue weighted by Gasteiger charge is -2.11. The van der Waals surface area contributed by atoms with Gasteiger partial charge in [-0.2, -0.15) is 0 Å². The molecule has 0 aliphatic carbocycles. The van der Waals surface area contributed by atoms with Crippen LogP contribution in [0, 0.1) is 6.92 Å². The molecule has 0 spiro atoms. The second-order valence-corrected chi connectivity index (χ2v) is 7.60. The van der Waals surface area contributed by atoms with Crippen molar-refractivity contribution in [3.8, 4) is 5.75 Å². The second kappa shape index (κ2) is 5.75. The first-order chi connectivity index (χ1) is 9.29. The highest BCUT2D eigenvalue weighted by atomic mass is 79.9. The molecule has 0 heterocycles. The third kappa shape index (κ3) is 3.34. The summed E-state index contributed by atoms with van der Waals surface area (Å²) in [5.74, 6) is 0.123. The summed E-state index contributed by atoms with van der Waals surface area (Å²) in [7, 11) is -3.69. The van der Waals surface area contributed by atoms with Crippen molar-refractivity contribution in [1.29, 1.82) is 0 Å². The first kappa shape index (κ1) is 15.3. The molecule has 106 valence electrons. The Kier molecular flexibility index (Phi) is 4.41. The van der Waals surface area contributed by atoms with E-state index >= 15 is 0 Å². The number of hydrogen-bond acceptors (Lipinski definition) is 3. The molecule has 2 aromatic carbocycles. The maximum atomic E-state index is 12.3. The van der Waals surface area contributed by atoms with Crippen LogP contribution in [-0.4, -0.2) is 13.5 Å². The molecule has 0 atom stereocenters. The lowest BCUT2D eigenvalue weighted by molar-refractivity contribution is 0.471. The Balaban J connectivity index is 2.38. The van der Waals surface area contributed by atoms with Gasteiger partial charge in [0.15, 0.2) is 0 Å². The fourth-order valence-corrected chi connectivity index (χ4v) is 4.42. The van der Waals surface area contributed by atoms with Crippen molar-refractivity contribution in [2.45, 2.75) is 11.8 Å². The first-order valence-electron chi connectivity index (χ1n) is 5.57. The van der Waals surface area contributed by atoms with E-state index in [2.05, 4.69) is 36.6 Å². The van der Waals surface area contributed by atoms with Gasteiger partial charge in [0.2, 0.25) is 0 Å². The van der Waals surface area contributed by atoms with Crippen LogP contribution in [0.3, 0.4) is 0 Å². The molecule has 2 N–H and O–H groups in total. The molecule has 7 heteroatoms. The zero-order valence-corrected chi connectivity index (χ0v) is 14.4. The summed E-state index contributed by atoms with van der Waals surface area (Å²) in [4.78, 5) is 0.145. The molecule has 0 saturated carbocycles. The van der Waals surface area contributed by atoms with E-state index in [1.165, 1.54) is 18.2 Å². The fourth-order valence-electron chi connectivity index (χ4n) is 1.62. The molecule has 0 bridgehead atoms. The normalized spacial score (nSPS) is 11.3. The molecule has 0 amide bonds.